The highest BCUT2D eigenvalue weighted by Gasteiger charge is 2.02. The number of carbonyl (C=O) groups is 1. The van der Waals surface area contributed by atoms with Crippen molar-refractivity contribution < 1.29 is 9.53 Å². The van der Waals surface area contributed by atoms with E-state index in [1.165, 1.54) is 5.56 Å². The molecule has 0 aliphatic heterocycles. The number of carbonyl (C=O) groups excluding carboxylic acids is 1. The van der Waals surface area contributed by atoms with Crippen LogP contribution < -0.4 is 15.4 Å². The molecule has 0 radical (unpaired) electrons. The van der Waals surface area contributed by atoms with E-state index in [-0.39, 0.29) is 5.91 Å². The van der Waals surface area contributed by atoms with Gasteiger partial charge in [0.2, 0.25) is 5.91 Å². The molecule has 0 bridgehead atoms. The normalized spacial score (nSPS) is 10.3. The highest BCUT2D eigenvalue weighted by atomic mass is 35.5. The van der Waals surface area contributed by atoms with Crippen LogP contribution in [0.3, 0.4) is 0 Å². The molecule has 2 N–H and O–H groups in total. The fourth-order valence-corrected chi connectivity index (χ4v) is 2.23. The summed E-state index contributed by atoms with van der Waals surface area (Å²) >= 11 is 5.80. The molecule has 5 heteroatoms. The topological polar surface area (TPSA) is 50.4 Å². The fourth-order valence-electron chi connectivity index (χ4n) is 2.11. The van der Waals surface area contributed by atoms with Crippen molar-refractivity contribution in [1.82, 2.24) is 5.32 Å². The summed E-state index contributed by atoms with van der Waals surface area (Å²) in [5, 5.41) is 6.77. The van der Waals surface area contributed by atoms with Crippen LogP contribution in [-0.2, 0) is 11.2 Å². The van der Waals surface area contributed by atoms with Gasteiger partial charge in [0, 0.05) is 23.7 Å². The number of halogens is 1. The smallest absolute Gasteiger partial charge is 0.225 e. The summed E-state index contributed by atoms with van der Waals surface area (Å²) in [5.41, 5.74) is 2.00. The van der Waals surface area contributed by atoms with Crippen LogP contribution in [0.2, 0.25) is 5.02 Å². The number of anilines is 1. The number of amides is 1. The lowest BCUT2D eigenvalue weighted by molar-refractivity contribution is -0.116. The Balaban J connectivity index is 1.61. The van der Waals surface area contributed by atoms with E-state index >= 15 is 0 Å². The minimum Gasteiger partial charge on any atom is -0.497 e. The van der Waals surface area contributed by atoms with Gasteiger partial charge in [0.15, 0.2) is 0 Å². The van der Waals surface area contributed by atoms with Crippen molar-refractivity contribution in [3.8, 4) is 5.75 Å². The van der Waals surface area contributed by atoms with Crippen LogP contribution in [-0.4, -0.2) is 26.1 Å². The van der Waals surface area contributed by atoms with Crippen LogP contribution in [0.5, 0.6) is 5.75 Å². The minimum absolute atomic E-state index is 0.00994. The third-order valence-electron chi connectivity index (χ3n) is 3.41. The number of methoxy groups -OCH3 is 1. The van der Waals surface area contributed by atoms with Gasteiger partial charge in [-0.25, -0.2) is 0 Å². The van der Waals surface area contributed by atoms with E-state index in [2.05, 4.69) is 10.6 Å². The second-order valence-corrected chi connectivity index (χ2v) is 5.59. The molecule has 0 aromatic heterocycles. The predicted octanol–water partition coefficient (Wildman–Crippen LogP) is 3.51. The van der Waals surface area contributed by atoms with Gasteiger partial charge >= 0.3 is 0 Å². The second kappa shape index (κ2) is 9.18. The number of benzene rings is 2. The van der Waals surface area contributed by atoms with Crippen LogP contribution in [0.25, 0.3) is 0 Å². The van der Waals surface area contributed by atoms with Gasteiger partial charge in [-0.05, 0) is 54.9 Å². The van der Waals surface area contributed by atoms with Gasteiger partial charge in [0.25, 0.3) is 0 Å². The Morgan fingerprint density at radius 1 is 1.04 bits per heavy atom. The predicted molar refractivity (Wildman–Crippen MR) is 94.3 cm³/mol. The molecule has 0 spiro atoms. The molecule has 2 aromatic rings. The largest absolute Gasteiger partial charge is 0.497 e. The number of hydrogen-bond acceptors (Lipinski definition) is 3. The average molecular weight is 333 g/mol. The summed E-state index contributed by atoms with van der Waals surface area (Å²) in [6.07, 6.45) is 1.36. The summed E-state index contributed by atoms with van der Waals surface area (Å²) in [6.45, 7) is 1.48. The molecule has 0 unspecified atom stereocenters. The van der Waals surface area contributed by atoms with Gasteiger partial charge in [0.05, 0.1) is 7.11 Å². The SMILES string of the molecule is COc1ccc(CCNCCC(=O)Nc2ccc(Cl)cc2)cc1. The molecule has 23 heavy (non-hydrogen) atoms. The molecule has 122 valence electrons. The molecule has 0 heterocycles. The average Bonchev–Trinajstić information content (AvgIpc) is 2.57. The lowest BCUT2D eigenvalue weighted by Gasteiger charge is -2.07. The van der Waals surface area contributed by atoms with Crippen molar-refractivity contribution in [2.45, 2.75) is 12.8 Å². The van der Waals surface area contributed by atoms with Crippen molar-refractivity contribution in [1.29, 1.82) is 0 Å². The standard InChI is InChI=1S/C18H21ClN2O2/c1-23-17-8-2-14(3-9-17)10-12-20-13-11-18(22)21-16-6-4-15(19)5-7-16/h2-9,20H,10-13H2,1H3,(H,21,22). The van der Waals surface area contributed by atoms with E-state index < -0.39 is 0 Å². The Morgan fingerprint density at radius 3 is 2.39 bits per heavy atom. The Bertz CT molecular complexity index is 612. The van der Waals surface area contributed by atoms with E-state index in [0.29, 0.717) is 18.0 Å². The zero-order valence-corrected chi connectivity index (χ0v) is 13.9. The number of rotatable bonds is 8. The molecule has 2 aromatic carbocycles. The lowest BCUT2D eigenvalue weighted by atomic mass is 10.1. The van der Waals surface area contributed by atoms with Crippen molar-refractivity contribution in [2.24, 2.45) is 0 Å². The maximum atomic E-state index is 11.8. The van der Waals surface area contributed by atoms with Crippen LogP contribution >= 0.6 is 11.6 Å². The van der Waals surface area contributed by atoms with Crippen molar-refractivity contribution in [2.75, 3.05) is 25.5 Å². The Hall–Kier alpha value is -2.04. The second-order valence-electron chi connectivity index (χ2n) is 5.15. The van der Waals surface area contributed by atoms with Crippen LogP contribution in [0.1, 0.15) is 12.0 Å². The molecular weight excluding hydrogens is 312 g/mol. The van der Waals surface area contributed by atoms with Gasteiger partial charge < -0.3 is 15.4 Å². The molecule has 0 atom stereocenters. The maximum absolute atomic E-state index is 11.8. The minimum atomic E-state index is -0.00994. The summed E-state index contributed by atoms with van der Waals surface area (Å²) in [5.74, 6) is 0.852. The molecule has 0 aliphatic carbocycles. The van der Waals surface area contributed by atoms with Gasteiger partial charge in [-0.2, -0.15) is 0 Å². The van der Waals surface area contributed by atoms with Gasteiger partial charge in [-0.3, -0.25) is 4.79 Å². The molecule has 0 saturated carbocycles. The van der Waals surface area contributed by atoms with E-state index in [0.717, 1.165) is 24.4 Å². The van der Waals surface area contributed by atoms with Crippen molar-refractivity contribution in [3.63, 3.8) is 0 Å². The monoisotopic (exact) mass is 332 g/mol. The Kier molecular flexibility index (Phi) is 6.91. The molecule has 1 amide bonds. The summed E-state index contributed by atoms with van der Waals surface area (Å²) in [6, 6.07) is 15.1. The highest BCUT2D eigenvalue weighted by molar-refractivity contribution is 6.30. The third kappa shape index (κ3) is 6.30. The highest BCUT2D eigenvalue weighted by Crippen LogP contribution is 2.13. The zero-order chi connectivity index (χ0) is 16.5. The fraction of sp³-hybridized carbons (Fsp3) is 0.278. The summed E-state index contributed by atoms with van der Waals surface area (Å²) in [7, 11) is 1.66. The van der Waals surface area contributed by atoms with E-state index in [9.17, 15) is 4.79 Å². The quantitative estimate of drug-likeness (QED) is 0.727. The Labute approximate surface area is 141 Å². The summed E-state index contributed by atoms with van der Waals surface area (Å²) in [4.78, 5) is 11.8. The molecule has 2 rings (SSSR count). The number of nitrogens with one attached hydrogen (secondary N) is 2. The van der Waals surface area contributed by atoms with E-state index in [4.69, 9.17) is 16.3 Å². The molecule has 0 fully saturated rings. The van der Waals surface area contributed by atoms with Gasteiger partial charge in [0.1, 0.15) is 5.75 Å². The van der Waals surface area contributed by atoms with E-state index in [1.807, 2.05) is 24.3 Å². The lowest BCUT2D eigenvalue weighted by Crippen LogP contribution is -2.23. The van der Waals surface area contributed by atoms with E-state index in [1.54, 1.807) is 31.4 Å². The first-order valence-corrected chi connectivity index (χ1v) is 7.94. The molecule has 0 saturated heterocycles. The van der Waals surface area contributed by atoms with Gasteiger partial charge in [-0.1, -0.05) is 23.7 Å². The van der Waals surface area contributed by atoms with Crippen molar-refractivity contribution in [3.05, 3.63) is 59.1 Å². The summed E-state index contributed by atoms with van der Waals surface area (Å²) < 4.78 is 5.13. The molecular formula is C18H21ClN2O2. The van der Waals surface area contributed by atoms with Crippen LogP contribution in [0.4, 0.5) is 5.69 Å². The third-order valence-corrected chi connectivity index (χ3v) is 3.66. The molecule has 4 nitrogen and oxygen atoms in total. The van der Waals surface area contributed by atoms with Crippen molar-refractivity contribution >= 4 is 23.2 Å². The Morgan fingerprint density at radius 2 is 1.74 bits per heavy atom. The first-order valence-electron chi connectivity index (χ1n) is 7.56. The zero-order valence-electron chi connectivity index (χ0n) is 13.1. The molecule has 0 aliphatic rings. The van der Waals surface area contributed by atoms with Gasteiger partial charge in [-0.15, -0.1) is 0 Å². The van der Waals surface area contributed by atoms with Crippen LogP contribution in [0, 0.1) is 0 Å². The first-order chi connectivity index (χ1) is 11.2. The number of ether oxygens (including phenoxy) is 1. The van der Waals surface area contributed by atoms with Crippen LogP contribution in [0.15, 0.2) is 48.5 Å². The maximum Gasteiger partial charge on any atom is 0.225 e. The first kappa shape index (κ1) is 17.3. The number of hydrogen-bond donors (Lipinski definition) is 2.